The molecular weight excluding hydrogens is 357 g/mol. The van der Waals surface area contributed by atoms with Crippen LogP contribution in [0, 0.1) is 5.82 Å². The topological polar surface area (TPSA) is 56.2 Å². The fourth-order valence-electron chi connectivity index (χ4n) is 3.94. The number of aromatic nitrogens is 2. The van der Waals surface area contributed by atoms with Crippen molar-refractivity contribution in [3.05, 3.63) is 66.1 Å². The van der Waals surface area contributed by atoms with E-state index in [-0.39, 0.29) is 11.7 Å². The van der Waals surface area contributed by atoms with E-state index in [1.54, 1.807) is 12.1 Å². The Bertz CT molecular complexity index is 946. The van der Waals surface area contributed by atoms with Crippen LogP contribution in [0.1, 0.15) is 24.8 Å². The molecular formula is C22H24FN3O2. The number of nitrogens with zero attached hydrogens (tertiary/aromatic N) is 2. The highest BCUT2D eigenvalue weighted by atomic mass is 19.1. The van der Waals surface area contributed by atoms with E-state index in [4.69, 9.17) is 4.74 Å². The van der Waals surface area contributed by atoms with Crippen LogP contribution in [-0.2, 0) is 21.5 Å². The summed E-state index contributed by atoms with van der Waals surface area (Å²) >= 11 is 0. The number of aryl methyl sites for hydroxylation is 1. The van der Waals surface area contributed by atoms with Crippen molar-refractivity contribution < 1.29 is 13.9 Å². The van der Waals surface area contributed by atoms with Crippen LogP contribution < -0.4 is 5.32 Å². The molecule has 1 amide bonds. The second-order valence-corrected chi connectivity index (χ2v) is 7.24. The summed E-state index contributed by atoms with van der Waals surface area (Å²) in [6, 6.07) is 14.4. The third-order valence-electron chi connectivity index (χ3n) is 5.56. The number of nitrogens with one attached hydrogen (secondary N) is 1. The molecule has 1 aliphatic heterocycles. The average molecular weight is 381 g/mol. The lowest BCUT2D eigenvalue weighted by molar-refractivity contribution is -0.130. The molecule has 6 heteroatoms. The molecule has 28 heavy (non-hydrogen) atoms. The van der Waals surface area contributed by atoms with Crippen molar-refractivity contribution in [2.24, 2.45) is 0 Å². The van der Waals surface area contributed by atoms with Crippen LogP contribution in [0.5, 0.6) is 0 Å². The molecule has 4 rings (SSSR count). The van der Waals surface area contributed by atoms with Crippen LogP contribution in [0.4, 0.5) is 4.39 Å². The molecule has 0 bridgehead atoms. The summed E-state index contributed by atoms with van der Waals surface area (Å²) < 4.78 is 20.8. The molecule has 0 atom stereocenters. The van der Waals surface area contributed by atoms with Gasteiger partial charge in [-0.3, -0.25) is 9.48 Å². The number of hydrogen-bond donors (Lipinski definition) is 1. The minimum Gasteiger partial charge on any atom is -0.381 e. The van der Waals surface area contributed by atoms with Gasteiger partial charge in [0.1, 0.15) is 5.82 Å². The highest BCUT2D eigenvalue weighted by Crippen LogP contribution is 2.35. The number of carbonyl (C=O) groups is 1. The number of rotatable bonds is 6. The van der Waals surface area contributed by atoms with Gasteiger partial charge in [-0.25, -0.2) is 4.39 Å². The minimum atomic E-state index is -0.648. The third-order valence-corrected chi connectivity index (χ3v) is 5.56. The van der Waals surface area contributed by atoms with Crippen molar-refractivity contribution in [2.45, 2.75) is 31.2 Å². The molecule has 5 nitrogen and oxygen atoms in total. The lowest BCUT2D eigenvalue weighted by Gasteiger charge is -2.36. The van der Waals surface area contributed by atoms with Crippen LogP contribution in [0.25, 0.3) is 10.9 Å². The first kappa shape index (κ1) is 18.6. The van der Waals surface area contributed by atoms with Crippen molar-refractivity contribution >= 4 is 16.8 Å². The summed E-state index contributed by atoms with van der Waals surface area (Å²) in [5.41, 5.74) is 1.30. The Hall–Kier alpha value is -2.73. The summed E-state index contributed by atoms with van der Waals surface area (Å²) in [5, 5.41) is 8.63. The van der Waals surface area contributed by atoms with E-state index < -0.39 is 5.41 Å². The largest absolute Gasteiger partial charge is 0.381 e. The molecule has 1 saturated heterocycles. The highest BCUT2D eigenvalue weighted by Gasteiger charge is 2.41. The highest BCUT2D eigenvalue weighted by molar-refractivity contribution is 5.88. The van der Waals surface area contributed by atoms with Crippen LogP contribution in [0.3, 0.4) is 0 Å². The SMILES string of the molecule is O=C(NCCCn1ncc2ccccc21)C1(c2ccc(F)cc2)CCOCC1. The molecule has 1 N–H and O–H groups in total. The molecule has 3 aromatic rings. The van der Waals surface area contributed by atoms with Crippen LogP contribution in [-0.4, -0.2) is 35.4 Å². The average Bonchev–Trinajstić information content (AvgIpc) is 3.15. The van der Waals surface area contributed by atoms with Crippen LogP contribution >= 0.6 is 0 Å². The number of para-hydroxylation sites is 1. The van der Waals surface area contributed by atoms with Gasteiger partial charge in [0.25, 0.3) is 0 Å². The Morgan fingerprint density at radius 3 is 2.68 bits per heavy atom. The summed E-state index contributed by atoms with van der Waals surface area (Å²) in [7, 11) is 0. The van der Waals surface area contributed by atoms with Gasteiger partial charge in [-0.05, 0) is 43.0 Å². The van der Waals surface area contributed by atoms with Gasteiger partial charge in [0, 0.05) is 31.7 Å². The minimum absolute atomic E-state index is 0.00673. The van der Waals surface area contributed by atoms with Crippen molar-refractivity contribution in [1.82, 2.24) is 15.1 Å². The fraction of sp³-hybridized carbons (Fsp3) is 0.364. The molecule has 0 aliphatic carbocycles. The van der Waals surface area contributed by atoms with Crippen molar-refractivity contribution in [2.75, 3.05) is 19.8 Å². The van der Waals surface area contributed by atoms with E-state index in [1.165, 1.54) is 12.1 Å². The van der Waals surface area contributed by atoms with Gasteiger partial charge in [-0.2, -0.15) is 5.10 Å². The van der Waals surface area contributed by atoms with Gasteiger partial charge in [0.2, 0.25) is 5.91 Å². The van der Waals surface area contributed by atoms with Gasteiger partial charge >= 0.3 is 0 Å². The Morgan fingerprint density at radius 2 is 1.89 bits per heavy atom. The van der Waals surface area contributed by atoms with Crippen LogP contribution in [0.15, 0.2) is 54.7 Å². The summed E-state index contributed by atoms with van der Waals surface area (Å²) in [6.45, 7) is 2.37. The van der Waals surface area contributed by atoms with E-state index in [9.17, 15) is 9.18 Å². The number of hydrogen-bond acceptors (Lipinski definition) is 3. The molecule has 0 saturated carbocycles. The van der Waals surface area contributed by atoms with Gasteiger partial charge in [0.15, 0.2) is 0 Å². The molecule has 146 valence electrons. The molecule has 1 fully saturated rings. The maximum Gasteiger partial charge on any atom is 0.230 e. The maximum absolute atomic E-state index is 13.3. The first-order valence-electron chi connectivity index (χ1n) is 9.72. The monoisotopic (exact) mass is 381 g/mol. The quantitative estimate of drug-likeness (QED) is 0.666. The standard InChI is InChI=1S/C22H24FN3O2/c23-19-8-6-18(7-9-19)22(10-14-28-15-11-22)21(27)24-12-3-13-26-20-5-2-1-4-17(20)16-25-26/h1-2,4-9,16H,3,10-15H2,(H,24,27). The number of fused-ring (bicyclic) bond motifs is 1. The maximum atomic E-state index is 13.3. The van der Waals surface area contributed by atoms with Crippen molar-refractivity contribution in [1.29, 1.82) is 0 Å². The van der Waals surface area contributed by atoms with Gasteiger partial charge in [-0.1, -0.05) is 30.3 Å². The number of amides is 1. The number of halogens is 1. The molecule has 2 aromatic carbocycles. The zero-order chi connectivity index (χ0) is 19.4. The van der Waals surface area contributed by atoms with Crippen molar-refractivity contribution in [3.8, 4) is 0 Å². The Labute approximate surface area is 163 Å². The van der Waals surface area contributed by atoms with Crippen LogP contribution in [0.2, 0.25) is 0 Å². The Balaban J connectivity index is 1.40. The molecule has 0 unspecified atom stereocenters. The number of carbonyl (C=O) groups excluding carboxylic acids is 1. The Kier molecular flexibility index (Phi) is 5.39. The number of ether oxygens (including phenoxy) is 1. The van der Waals surface area contributed by atoms with Gasteiger partial charge in [0.05, 0.1) is 17.1 Å². The Morgan fingerprint density at radius 1 is 1.14 bits per heavy atom. The van der Waals surface area contributed by atoms with Gasteiger partial charge < -0.3 is 10.1 Å². The van der Waals surface area contributed by atoms with E-state index in [1.807, 2.05) is 35.1 Å². The second kappa shape index (κ2) is 8.10. The summed E-state index contributed by atoms with van der Waals surface area (Å²) in [5.74, 6) is -0.300. The smallest absolute Gasteiger partial charge is 0.230 e. The normalized spacial score (nSPS) is 16.2. The third kappa shape index (κ3) is 3.64. The lowest BCUT2D eigenvalue weighted by atomic mass is 9.73. The van der Waals surface area contributed by atoms with E-state index in [0.717, 1.165) is 29.4 Å². The summed E-state index contributed by atoms with van der Waals surface area (Å²) in [4.78, 5) is 13.1. The zero-order valence-corrected chi connectivity index (χ0v) is 15.7. The predicted octanol–water partition coefficient (Wildman–Crippen LogP) is 3.43. The lowest BCUT2D eigenvalue weighted by Crippen LogP contribution is -2.48. The van der Waals surface area contributed by atoms with E-state index in [2.05, 4.69) is 10.4 Å². The fourth-order valence-corrected chi connectivity index (χ4v) is 3.94. The van der Waals surface area contributed by atoms with Crippen molar-refractivity contribution in [3.63, 3.8) is 0 Å². The second-order valence-electron chi connectivity index (χ2n) is 7.24. The number of benzene rings is 2. The molecule has 0 radical (unpaired) electrons. The molecule has 2 heterocycles. The van der Waals surface area contributed by atoms with Gasteiger partial charge in [-0.15, -0.1) is 0 Å². The summed E-state index contributed by atoms with van der Waals surface area (Å²) in [6.07, 6.45) is 3.86. The van der Waals surface area contributed by atoms with E-state index >= 15 is 0 Å². The zero-order valence-electron chi connectivity index (χ0n) is 15.7. The molecule has 1 aromatic heterocycles. The van der Waals surface area contributed by atoms with E-state index in [0.29, 0.717) is 32.6 Å². The molecule has 0 spiro atoms. The first-order chi connectivity index (χ1) is 13.7. The molecule has 1 aliphatic rings. The predicted molar refractivity (Wildman–Crippen MR) is 105 cm³/mol. The first-order valence-corrected chi connectivity index (χ1v) is 9.72.